The highest BCUT2D eigenvalue weighted by molar-refractivity contribution is 5.78. The van der Waals surface area contributed by atoms with Crippen LogP contribution in [0.15, 0.2) is 11.6 Å². The Morgan fingerprint density at radius 1 is 1.26 bits per heavy atom. The molecule has 1 amide bonds. The summed E-state index contributed by atoms with van der Waals surface area (Å²) in [6.07, 6.45) is 2.18. The third kappa shape index (κ3) is 3.98. The van der Waals surface area contributed by atoms with Crippen LogP contribution in [-0.2, 0) is 9.53 Å². The number of aliphatic carboxylic acids is 1. The van der Waals surface area contributed by atoms with Gasteiger partial charge in [-0.2, -0.15) is 0 Å². The molecule has 0 saturated heterocycles. The van der Waals surface area contributed by atoms with Gasteiger partial charge in [0.15, 0.2) is 0 Å². The molecule has 0 atom stereocenters. The SMILES string of the molecule is CC(C)(C)OC(=O)N1CCC=C(C(C)(C)C(=O)O)C1. The van der Waals surface area contributed by atoms with Crippen LogP contribution in [0.1, 0.15) is 41.0 Å². The molecule has 19 heavy (non-hydrogen) atoms. The van der Waals surface area contributed by atoms with E-state index in [4.69, 9.17) is 4.74 Å². The number of amides is 1. The molecular formula is C14H23NO4. The second kappa shape index (κ2) is 5.23. The molecule has 1 heterocycles. The van der Waals surface area contributed by atoms with Crippen LogP contribution in [0.3, 0.4) is 0 Å². The summed E-state index contributed by atoms with van der Waals surface area (Å²) >= 11 is 0. The summed E-state index contributed by atoms with van der Waals surface area (Å²) in [4.78, 5) is 24.8. The molecule has 0 aromatic rings. The molecule has 0 spiro atoms. The van der Waals surface area contributed by atoms with Crippen LogP contribution in [0.4, 0.5) is 4.79 Å². The lowest BCUT2D eigenvalue weighted by Crippen LogP contribution is -2.43. The normalized spacial score (nSPS) is 16.9. The van der Waals surface area contributed by atoms with Gasteiger partial charge in [0.1, 0.15) is 5.60 Å². The van der Waals surface area contributed by atoms with E-state index < -0.39 is 17.0 Å². The third-order valence-corrected chi connectivity index (χ3v) is 3.14. The van der Waals surface area contributed by atoms with E-state index in [0.717, 1.165) is 5.57 Å². The van der Waals surface area contributed by atoms with Gasteiger partial charge in [-0.25, -0.2) is 4.79 Å². The van der Waals surface area contributed by atoms with Gasteiger partial charge >= 0.3 is 12.1 Å². The minimum Gasteiger partial charge on any atom is -0.481 e. The zero-order valence-corrected chi connectivity index (χ0v) is 12.3. The summed E-state index contributed by atoms with van der Waals surface area (Å²) in [5.41, 5.74) is -0.751. The summed E-state index contributed by atoms with van der Waals surface area (Å²) in [5, 5.41) is 9.23. The van der Waals surface area contributed by atoms with Crippen molar-refractivity contribution in [2.24, 2.45) is 5.41 Å². The maximum absolute atomic E-state index is 12.0. The van der Waals surface area contributed by atoms with Gasteiger partial charge in [0, 0.05) is 13.1 Å². The topological polar surface area (TPSA) is 66.8 Å². The number of carboxylic acids is 1. The maximum Gasteiger partial charge on any atom is 0.410 e. The number of carbonyl (C=O) groups is 2. The average Bonchev–Trinajstić information content (AvgIpc) is 2.26. The molecule has 0 aromatic heterocycles. The smallest absolute Gasteiger partial charge is 0.410 e. The van der Waals surface area contributed by atoms with Crippen LogP contribution in [0.5, 0.6) is 0 Å². The number of carboxylic acid groups (broad SMARTS) is 1. The molecule has 1 N–H and O–H groups in total. The number of carbonyl (C=O) groups excluding carboxylic acids is 1. The second-order valence-corrected chi connectivity index (χ2v) is 6.35. The van der Waals surface area contributed by atoms with Gasteiger partial charge in [0.2, 0.25) is 0 Å². The summed E-state index contributed by atoms with van der Waals surface area (Å²) in [5.74, 6) is -0.884. The van der Waals surface area contributed by atoms with Gasteiger partial charge in [0.25, 0.3) is 0 Å². The highest BCUT2D eigenvalue weighted by atomic mass is 16.6. The van der Waals surface area contributed by atoms with Gasteiger partial charge in [-0.15, -0.1) is 0 Å². The Morgan fingerprint density at radius 2 is 1.84 bits per heavy atom. The van der Waals surface area contributed by atoms with Crippen molar-refractivity contribution in [2.45, 2.75) is 46.6 Å². The quantitative estimate of drug-likeness (QED) is 0.783. The molecule has 1 rings (SSSR count). The molecule has 0 aliphatic carbocycles. The highest BCUT2D eigenvalue weighted by Gasteiger charge is 2.35. The average molecular weight is 269 g/mol. The number of hydrogen-bond acceptors (Lipinski definition) is 3. The molecule has 5 nitrogen and oxygen atoms in total. The fraction of sp³-hybridized carbons (Fsp3) is 0.714. The molecule has 0 aromatic carbocycles. The molecule has 1 aliphatic rings. The van der Waals surface area contributed by atoms with Gasteiger partial charge < -0.3 is 14.7 Å². The standard InChI is InChI=1S/C14H23NO4/c1-13(2,3)19-12(18)15-8-6-7-10(9-15)14(4,5)11(16)17/h7H,6,8-9H2,1-5H3,(H,16,17). The van der Waals surface area contributed by atoms with E-state index in [9.17, 15) is 14.7 Å². The van der Waals surface area contributed by atoms with Crippen LogP contribution in [0.2, 0.25) is 0 Å². The molecule has 5 heteroatoms. The van der Waals surface area contributed by atoms with Crippen molar-refractivity contribution in [3.8, 4) is 0 Å². The molecule has 0 fully saturated rings. The number of ether oxygens (including phenoxy) is 1. The van der Waals surface area contributed by atoms with Crippen molar-refractivity contribution in [2.75, 3.05) is 13.1 Å². The van der Waals surface area contributed by atoms with E-state index in [-0.39, 0.29) is 6.09 Å². The highest BCUT2D eigenvalue weighted by Crippen LogP contribution is 2.30. The molecule has 0 unspecified atom stereocenters. The van der Waals surface area contributed by atoms with Crippen molar-refractivity contribution in [3.63, 3.8) is 0 Å². The Bertz CT molecular complexity index is 404. The monoisotopic (exact) mass is 269 g/mol. The Hall–Kier alpha value is -1.52. The fourth-order valence-corrected chi connectivity index (χ4v) is 1.82. The zero-order chi connectivity index (χ0) is 14.8. The summed E-state index contributed by atoms with van der Waals surface area (Å²) in [6.45, 7) is 9.62. The van der Waals surface area contributed by atoms with Gasteiger partial charge in [0.05, 0.1) is 5.41 Å². The number of rotatable bonds is 2. The molecule has 1 aliphatic heterocycles. The Kier molecular flexibility index (Phi) is 4.28. The van der Waals surface area contributed by atoms with Crippen molar-refractivity contribution >= 4 is 12.1 Å². The molecule has 0 bridgehead atoms. The predicted molar refractivity (Wildman–Crippen MR) is 71.9 cm³/mol. The third-order valence-electron chi connectivity index (χ3n) is 3.14. The van der Waals surface area contributed by atoms with Gasteiger partial charge in [-0.3, -0.25) is 4.79 Å². The largest absolute Gasteiger partial charge is 0.481 e. The van der Waals surface area contributed by atoms with Crippen molar-refractivity contribution in [3.05, 3.63) is 11.6 Å². The minimum atomic E-state index is -0.958. The molecule has 0 radical (unpaired) electrons. The lowest BCUT2D eigenvalue weighted by Gasteiger charge is -2.34. The van der Waals surface area contributed by atoms with Gasteiger partial charge in [-0.05, 0) is 46.6 Å². The fourth-order valence-electron chi connectivity index (χ4n) is 1.82. The summed E-state index contributed by atoms with van der Waals surface area (Å²) in [7, 11) is 0. The van der Waals surface area contributed by atoms with Crippen LogP contribution >= 0.6 is 0 Å². The summed E-state index contributed by atoms with van der Waals surface area (Å²) < 4.78 is 5.31. The first kappa shape index (κ1) is 15.5. The Morgan fingerprint density at radius 3 is 2.32 bits per heavy atom. The van der Waals surface area contributed by atoms with E-state index in [1.54, 1.807) is 18.7 Å². The minimum absolute atomic E-state index is 0.314. The van der Waals surface area contributed by atoms with Crippen LogP contribution in [-0.4, -0.2) is 40.8 Å². The van der Waals surface area contributed by atoms with Crippen molar-refractivity contribution < 1.29 is 19.4 Å². The predicted octanol–water partition coefficient (Wildman–Crippen LogP) is 2.66. The van der Waals surface area contributed by atoms with E-state index in [2.05, 4.69) is 0 Å². The van der Waals surface area contributed by atoms with Crippen LogP contribution < -0.4 is 0 Å². The molecular weight excluding hydrogens is 246 g/mol. The maximum atomic E-state index is 12.0. The van der Waals surface area contributed by atoms with Gasteiger partial charge in [-0.1, -0.05) is 6.08 Å². The number of hydrogen-bond donors (Lipinski definition) is 1. The Labute approximate surface area is 114 Å². The van der Waals surface area contributed by atoms with E-state index >= 15 is 0 Å². The lowest BCUT2D eigenvalue weighted by molar-refractivity contribution is -0.145. The van der Waals surface area contributed by atoms with Crippen LogP contribution in [0, 0.1) is 5.41 Å². The molecule has 0 saturated carbocycles. The zero-order valence-electron chi connectivity index (χ0n) is 12.3. The van der Waals surface area contributed by atoms with Crippen LogP contribution in [0.25, 0.3) is 0 Å². The van der Waals surface area contributed by atoms with E-state index in [1.807, 2.05) is 26.8 Å². The van der Waals surface area contributed by atoms with Crippen molar-refractivity contribution in [1.82, 2.24) is 4.90 Å². The first-order chi connectivity index (χ1) is 8.54. The first-order valence-corrected chi connectivity index (χ1v) is 6.45. The first-order valence-electron chi connectivity index (χ1n) is 6.45. The lowest BCUT2D eigenvalue weighted by atomic mass is 9.82. The van der Waals surface area contributed by atoms with E-state index in [0.29, 0.717) is 19.5 Å². The number of nitrogens with zero attached hydrogens (tertiary/aromatic N) is 1. The summed E-state index contributed by atoms with van der Waals surface area (Å²) in [6, 6.07) is 0. The van der Waals surface area contributed by atoms with E-state index in [1.165, 1.54) is 0 Å². The second-order valence-electron chi connectivity index (χ2n) is 6.35. The Balaban J connectivity index is 2.77. The molecule has 108 valence electrons. The van der Waals surface area contributed by atoms with Crippen molar-refractivity contribution in [1.29, 1.82) is 0 Å².